The zero-order chi connectivity index (χ0) is 18.8. The quantitative estimate of drug-likeness (QED) is 0.548. The van der Waals surface area contributed by atoms with Crippen molar-refractivity contribution in [2.24, 2.45) is 0 Å². The van der Waals surface area contributed by atoms with Gasteiger partial charge in [-0.15, -0.1) is 0 Å². The molecule has 1 aromatic heterocycles. The summed E-state index contributed by atoms with van der Waals surface area (Å²) in [5, 5.41) is 14.5. The van der Waals surface area contributed by atoms with E-state index in [0.29, 0.717) is 24.5 Å². The highest BCUT2D eigenvalue weighted by molar-refractivity contribution is 7.22. The highest BCUT2D eigenvalue weighted by atomic mass is 32.1. The third kappa shape index (κ3) is 3.74. The van der Waals surface area contributed by atoms with Crippen LogP contribution in [0.4, 0.5) is 16.5 Å². The number of hydrogen-bond donors (Lipinski definition) is 1. The molecule has 2 aromatic carbocycles. The van der Waals surface area contributed by atoms with Crippen molar-refractivity contribution in [1.82, 2.24) is 4.98 Å². The van der Waals surface area contributed by atoms with Crippen LogP contribution < -0.4 is 10.2 Å². The highest BCUT2D eigenvalue weighted by Crippen LogP contribution is 2.31. The number of nitro groups is 1. The average molecular weight is 384 g/mol. The van der Waals surface area contributed by atoms with Gasteiger partial charge in [-0.2, -0.15) is 0 Å². The number of fused-ring (bicyclic) bond motifs is 1. The first-order valence-corrected chi connectivity index (χ1v) is 9.21. The second-order valence-electron chi connectivity index (χ2n) is 6.04. The van der Waals surface area contributed by atoms with Crippen LogP contribution in [0.1, 0.15) is 10.4 Å². The molecule has 8 nitrogen and oxygen atoms in total. The fraction of sp³-hybridized carbons (Fsp3) is 0.222. The second kappa shape index (κ2) is 7.29. The monoisotopic (exact) mass is 384 g/mol. The van der Waals surface area contributed by atoms with Crippen LogP contribution in [-0.4, -0.2) is 42.1 Å². The molecular weight excluding hydrogens is 368 g/mol. The van der Waals surface area contributed by atoms with Gasteiger partial charge >= 0.3 is 0 Å². The first kappa shape index (κ1) is 17.4. The normalized spacial score (nSPS) is 14.3. The van der Waals surface area contributed by atoms with Crippen LogP contribution in [0, 0.1) is 10.1 Å². The molecule has 2 heterocycles. The van der Waals surface area contributed by atoms with E-state index in [4.69, 9.17) is 4.74 Å². The maximum absolute atomic E-state index is 12.4. The molecule has 4 rings (SSSR count). The number of non-ortho nitro benzene ring substituents is 1. The first-order chi connectivity index (χ1) is 13.1. The molecule has 1 fully saturated rings. The minimum Gasteiger partial charge on any atom is -0.378 e. The Morgan fingerprint density at radius 2 is 1.93 bits per heavy atom. The molecular formula is C18H16N4O4S. The van der Waals surface area contributed by atoms with Crippen molar-refractivity contribution in [3.63, 3.8) is 0 Å². The van der Waals surface area contributed by atoms with E-state index in [9.17, 15) is 14.9 Å². The number of aromatic nitrogens is 1. The maximum atomic E-state index is 12.4. The lowest BCUT2D eigenvalue weighted by Crippen LogP contribution is -2.36. The van der Waals surface area contributed by atoms with Gasteiger partial charge in [-0.3, -0.25) is 14.9 Å². The fourth-order valence-electron chi connectivity index (χ4n) is 2.82. The highest BCUT2D eigenvalue weighted by Gasteiger charge is 2.16. The molecule has 0 aliphatic carbocycles. The van der Waals surface area contributed by atoms with Gasteiger partial charge in [0.1, 0.15) is 0 Å². The Balaban J connectivity index is 1.51. The topological polar surface area (TPSA) is 97.6 Å². The van der Waals surface area contributed by atoms with Crippen LogP contribution in [0.3, 0.4) is 0 Å². The molecule has 3 aromatic rings. The van der Waals surface area contributed by atoms with Crippen LogP contribution >= 0.6 is 11.3 Å². The number of rotatable bonds is 4. The number of carbonyl (C=O) groups excluding carboxylic acids is 1. The lowest BCUT2D eigenvalue weighted by atomic mass is 10.2. The molecule has 0 radical (unpaired) electrons. The second-order valence-corrected chi connectivity index (χ2v) is 7.05. The standard InChI is InChI=1S/C18H16N4O4S/c23-17(12-1-4-14(5-2-12)22(24)25)19-13-3-6-15-16(11-13)27-18(20-15)21-7-9-26-10-8-21/h1-6,11H,7-10H2,(H,19,23). The van der Waals surface area contributed by atoms with E-state index >= 15 is 0 Å². The average Bonchev–Trinajstić information content (AvgIpc) is 3.12. The molecule has 138 valence electrons. The van der Waals surface area contributed by atoms with Gasteiger partial charge < -0.3 is 15.0 Å². The van der Waals surface area contributed by atoms with E-state index in [1.165, 1.54) is 24.3 Å². The molecule has 0 unspecified atom stereocenters. The number of benzene rings is 2. The van der Waals surface area contributed by atoms with E-state index in [0.717, 1.165) is 28.4 Å². The minimum atomic E-state index is -0.495. The van der Waals surface area contributed by atoms with Gasteiger partial charge in [-0.05, 0) is 30.3 Å². The van der Waals surface area contributed by atoms with E-state index in [1.807, 2.05) is 12.1 Å². The molecule has 1 aliphatic heterocycles. The molecule has 1 aliphatic rings. The molecule has 1 amide bonds. The van der Waals surface area contributed by atoms with E-state index < -0.39 is 4.92 Å². The summed E-state index contributed by atoms with van der Waals surface area (Å²) in [5.41, 5.74) is 1.85. The molecule has 1 saturated heterocycles. The third-order valence-electron chi connectivity index (χ3n) is 4.26. The van der Waals surface area contributed by atoms with Gasteiger partial charge in [0.15, 0.2) is 5.13 Å². The van der Waals surface area contributed by atoms with Crippen molar-refractivity contribution in [3.05, 3.63) is 58.1 Å². The summed E-state index contributed by atoms with van der Waals surface area (Å²) in [5.74, 6) is -0.317. The van der Waals surface area contributed by atoms with Gasteiger partial charge in [0.05, 0.1) is 28.4 Å². The number of morpholine rings is 1. The number of carbonyl (C=O) groups is 1. The number of nitro benzene ring substituents is 1. The Morgan fingerprint density at radius 3 is 2.63 bits per heavy atom. The van der Waals surface area contributed by atoms with Crippen molar-refractivity contribution >= 4 is 44.0 Å². The first-order valence-electron chi connectivity index (χ1n) is 8.39. The lowest BCUT2D eigenvalue weighted by Gasteiger charge is -2.25. The van der Waals surface area contributed by atoms with Crippen LogP contribution in [0.25, 0.3) is 10.2 Å². The van der Waals surface area contributed by atoms with Crippen LogP contribution in [0.15, 0.2) is 42.5 Å². The largest absolute Gasteiger partial charge is 0.378 e. The molecule has 27 heavy (non-hydrogen) atoms. The van der Waals surface area contributed by atoms with Gasteiger partial charge in [-0.1, -0.05) is 11.3 Å². The van der Waals surface area contributed by atoms with Crippen LogP contribution in [0.2, 0.25) is 0 Å². The summed E-state index contributed by atoms with van der Waals surface area (Å²) in [4.78, 5) is 29.4. The number of anilines is 2. The summed E-state index contributed by atoms with van der Waals surface area (Å²) in [6.07, 6.45) is 0. The van der Waals surface area contributed by atoms with Gasteiger partial charge in [0.2, 0.25) is 0 Å². The third-order valence-corrected chi connectivity index (χ3v) is 5.34. The summed E-state index contributed by atoms with van der Waals surface area (Å²) in [6, 6.07) is 11.1. The van der Waals surface area contributed by atoms with Crippen molar-refractivity contribution < 1.29 is 14.5 Å². The predicted octanol–water partition coefficient (Wildman–Crippen LogP) is 3.29. The number of ether oxygens (including phenoxy) is 1. The zero-order valence-corrected chi connectivity index (χ0v) is 15.1. The van der Waals surface area contributed by atoms with Gasteiger partial charge in [-0.25, -0.2) is 4.98 Å². The number of thiazole rings is 1. The molecule has 1 N–H and O–H groups in total. The number of nitrogens with one attached hydrogen (secondary N) is 1. The Labute approximate surface area is 158 Å². The van der Waals surface area contributed by atoms with E-state index in [1.54, 1.807) is 17.4 Å². The Hall–Kier alpha value is -3.04. The molecule has 0 bridgehead atoms. The van der Waals surface area contributed by atoms with Gasteiger partial charge in [0, 0.05) is 36.5 Å². The van der Waals surface area contributed by atoms with Crippen molar-refractivity contribution in [2.75, 3.05) is 36.5 Å². The molecule has 9 heteroatoms. The van der Waals surface area contributed by atoms with Crippen LogP contribution in [-0.2, 0) is 4.74 Å². The zero-order valence-electron chi connectivity index (χ0n) is 14.3. The number of hydrogen-bond acceptors (Lipinski definition) is 7. The maximum Gasteiger partial charge on any atom is 0.269 e. The van der Waals surface area contributed by atoms with Crippen molar-refractivity contribution in [1.29, 1.82) is 0 Å². The number of nitrogens with zero attached hydrogens (tertiary/aromatic N) is 3. The minimum absolute atomic E-state index is 0.0479. The lowest BCUT2D eigenvalue weighted by molar-refractivity contribution is -0.384. The summed E-state index contributed by atoms with van der Waals surface area (Å²) in [7, 11) is 0. The summed E-state index contributed by atoms with van der Waals surface area (Å²) in [6.45, 7) is 3.05. The summed E-state index contributed by atoms with van der Waals surface area (Å²) < 4.78 is 6.36. The van der Waals surface area contributed by atoms with E-state index in [-0.39, 0.29) is 11.6 Å². The molecule has 0 atom stereocenters. The fourth-order valence-corrected chi connectivity index (χ4v) is 3.87. The number of amides is 1. The Kier molecular flexibility index (Phi) is 4.69. The molecule has 0 saturated carbocycles. The summed E-state index contributed by atoms with van der Waals surface area (Å²) >= 11 is 1.58. The van der Waals surface area contributed by atoms with Gasteiger partial charge in [0.25, 0.3) is 11.6 Å². The van der Waals surface area contributed by atoms with E-state index in [2.05, 4.69) is 15.2 Å². The van der Waals surface area contributed by atoms with Crippen molar-refractivity contribution in [2.45, 2.75) is 0 Å². The smallest absolute Gasteiger partial charge is 0.269 e. The van der Waals surface area contributed by atoms with Crippen LogP contribution in [0.5, 0.6) is 0 Å². The Morgan fingerprint density at radius 1 is 1.19 bits per heavy atom. The van der Waals surface area contributed by atoms with Crippen molar-refractivity contribution in [3.8, 4) is 0 Å². The predicted molar refractivity (Wildman–Crippen MR) is 104 cm³/mol. The Bertz CT molecular complexity index is 996. The SMILES string of the molecule is O=C(Nc1ccc2nc(N3CCOCC3)sc2c1)c1ccc([N+](=O)[O-])cc1. The molecule has 0 spiro atoms.